The van der Waals surface area contributed by atoms with Crippen molar-refractivity contribution in [3.63, 3.8) is 0 Å². The topological polar surface area (TPSA) is 20.2 Å². The molecule has 0 rings (SSSR count). The average Bonchev–Trinajstić information content (AvgIpc) is 2.16. The second-order valence-electron chi connectivity index (χ2n) is 4.63. The standard InChI is InChI=1S/C13H26O/c1-7-11(6)13(14,9-3)12(8-2)10(4)5/h7,10-12,14H,1,8-9H2,2-6H3. The van der Waals surface area contributed by atoms with Gasteiger partial charge in [0.1, 0.15) is 0 Å². The van der Waals surface area contributed by atoms with E-state index in [9.17, 15) is 5.11 Å². The Balaban J connectivity index is 4.88. The lowest BCUT2D eigenvalue weighted by molar-refractivity contribution is -0.0704. The molecule has 0 radical (unpaired) electrons. The van der Waals surface area contributed by atoms with E-state index < -0.39 is 5.60 Å². The van der Waals surface area contributed by atoms with Crippen LogP contribution in [-0.2, 0) is 0 Å². The molecule has 0 fully saturated rings. The maximum atomic E-state index is 10.6. The van der Waals surface area contributed by atoms with Crippen LogP contribution in [0.3, 0.4) is 0 Å². The van der Waals surface area contributed by atoms with Crippen molar-refractivity contribution in [3.05, 3.63) is 12.7 Å². The van der Waals surface area contributed by atoms with Gasteiger partial charge in [-0.3, -0.25) is 0 Å². The van der Waals surface area contributed by atoms with Crippen LogP contribution >= 0.6 is 0 Å². The molecule has 3 atom stereocenters. The molecule has 0 saturated carbocycles. The predicted molar refractivity (Wildman–Crippen MR) is 63.2 cm³/mol. The summed E-state index contributed by atoms with van der Waals surface area (Å²) in [5, 5.41) is 10.6. The van der Waals surface area contributed by atoms with Gasteiger partial charge in [0.25, 0.3) is 0 Å². The van der Waals surface area contributed by atoms with Crippen molar-refractivity contribution in [2.45, 2.75) is 53.1 Å². The van der Waals surface area contributed by atoms with E-state index in [1.165, 1.54) is 0 Å². The Labute approximate surface area is 89.2 Å². The molecule has 0 amide bonds. The molecule has 0 aromatic rings. The first kappa shape index (κ1) is 13.7. The van der Waals surface area contributed by atoms with E-state index in [0.29, 0.717) is 11.8 Å². The zero-order valence-corrected chi connectivity index (χ0v) is 10.4. The second kappa shape index (κ2) is 5.55. The number of rotatable bonds is 6. The van der Waals surface area contributed by atoms with Gasteiger partial charge in [-0.25, -0.2) is 0 Å². The van der Waals surface area contributed by atoms with Gasteiger partial charge < -0.3 is 5.11 Å². The quantitative estimate of drug-likeness (QED) is 0.646. The zero-order valence-electron chi connectivity index (χ0n) is 10.4. The molecule has 84 valence electrons. The third-order valence-corrected chi connectivity index (χ3v) is 3.60. The van der Waals surface area contributed by atoms with Crippen LogP contribution in [0.15, 0.2) is 12.7 Å². The highest BCUT2D eigenvalue weighted by atomic mass is 16.3. The highest BCUT2D eigenvalue weighted by Crippen LogP contribution is 2.37. The van der Waals surface area contributed by atoms with Gasteiger partial charge in [0, 0.05) is 5.92 Å². The third-order valence-electron chi connectivity index (χ3n) is 3.60. The van der Waals surface area contributed by atoms with Crippen molar-refractivity contribution in [2.75, 3.05) is 0 Å². The van der Waals surface area contributed by atoms with Crippen molar-refractivity contribution in [1.82, 2.24) is 0 Å². The monoisotopic (exact) mass is 198 g/mol. The Morgan fingerprint density at radius 3 is 2.00 bits per heavy atom. The minimum absolute atomic E-state index is 0.167. The molecule has 1 N–H and O–H groups in total. The summed E-state index contributed by atoms with van der Waals surface area (Å²) in [6.07, 6.45) is 3.70. The van der Waals surface area contributed by atoms with Crippen molar-refractivity contribution in [2.24, 2.45) is 17.8 Å². The van der Waals surface area contributed by atoms with Gasteiger partial charge in [-0.1, -0.05) is 47.1 Å². The number of aliphatic hydroxyl groups is 1. The predicted octanol–water partition coefficient (Wildman–Crippen LogP) is 3.63. The molecule has 1 heteroatoms. The number of hydrogen-bond donors (Lipinski definition) is 1. The summed E-state index contributed by atoms with van der Waals surface area (Å²) in [5.74, 6) is 1.05. The van der Waals surface area contributed by atoms with Crippen LogP contribution in [0, 0.1) is 17.8 Å². The molecular weight excluding hydrogens is 172 g/mol. The minimum Gasteiger partial charge on any atom is -0.389 e. The van der Waals surface area contributed by atoms with E-state index in [4.69, 9.17) is 0 Å². The molecule has 0 bridgehead atoms. The molecular formula is C13H26O. The first-order chi connectivity index (χ1) is 6.43. The van der Waals surface area contributed by atoms with Crippen molar-refractivity contribution in [1.29, 1.82) is 0 Å². The smallest absolute Gasteiger partial charge is 0.0735 e. The molecule has 0 spiro atoms. The van der Waals surface area contributed by atoms with Crippen LogP contribution in [0.5, 0.6) is 0 Å². The highest BCUT2D eigenvalue weighted by Gasteiger charge is 2.39. The molecule has 1 nitrogen and oxygen atoms in total. The van der Waals surface area contributed by atoms with Crippen LogP contribution in [0.1, 0.15) is 47.5 Å². The van der Waals surface area contributed by atoms with E-state index in [0.717, 1.165) is 12.8 Å². The Bertz CT molecular complexity index is 174. The zero-order chi connectivity index (χ0) is 11.4. The largest absolute Gasteiger partial charge is 0.389 e. The van der Waals surface area contributed by atoms with Crippen LogP contribution in [-0.4, -0.2) is 10.7 Å². The molecule has 0 aliphatic heterocycles. The molecule has 0 aliphatic rings. The maximum absolute atomic E-state index is 10.6. The van der Waals surface area contributed by atoms with E-state index in [2.05, 4.69) is 41.2 Å². The van der Waals surface area contributed by atoms with Crippen molar-refractivity contribution in [3.8, 4) is 0 Å². The van der Waals surface area contributed by atoms with Gasteiger partial charge in [-0.15, -0.1) is 6.58 Å². The minimum atomic E-state index is -0.579. The fourth-order valence-electron chi connectivity index (χ4n) is 2.53. The summed E-state index contributed by atoms with van der Waals surface area (Å²) >= 11 is 0. The lowest BCUT2D eigenvalue weighted by Gasteiger charge is -2.41. The molecule has 0 heterocycles. The van der Waals surface area contributed by atoms with Crippen molar-refractivity contribution < 1.29 is 5.11 Å². The Kier molecular flexibility index (Phi) is 5.43. The molecule has 3 unspecified atom stereocenters. The summed E-state index contributed by atoms with van der Waals surface area (Å²) in [5.41, 5.74) is -0.579. The maximum Gasteiger partial charge on any atom is 0.0735 e. The average molecular weight is 198 g/mol. The fraction of sp³-hybridized carbons (Fsp3) is 0.846. The molecule has 14 heavy (non-hydrogen) atoms. The SMILES string of the molecule is C=CC(C)C(O)(CC)C(CC)C(C)C. The fourth-order valence-corrected chi connectivity index (χ4v) is 2.53. The van der Waals surface area contributed by atoms with Gasteiger partial charge in [0.2, 0.25) is 0 Å². The van der Waals surface area contributed by atoms with Crippen LogP contribution in [0.2, 0.25) is 0 Å². The second-order valence-corrected chi connectivity index (χ2v) is 4.63. The molecule has 0 aliphatic carbocycles. The van der Waals surface area contributed by atoms with Crippen LogP contribution < -0.4 is 0 Å². The Hall–Kier alpha value is -0.300. The van der Waals surface area contributed by atoms with Crippen molar-refractivity contribution >= 4 is 0 Å². The first-order valence-electron chi connectivity index (χ1n) is 5.78. The highest BCUT2D eigenvalue weighted by molar-refractivity contribution is 4.97. The Morgan fingerprint density at radius 2 is 1.79 bits per heavy atom. The van der Waals surface area contributed by atoms with Gasteiger partial charge in [-0.05, 0) is 18.3 Å². The molecule has 0 aromatic carbocycles. The summed E-state index contributed by atoms with van der Waals surface area (Å²) < 4.78 is 0. The summed E-state index contributed by atoms with van der Waals surface area (Å²) in [4.78, 5) is 0. The Morgan fingerprint density at radius 1 is 1.29 bits per heavy atom. The van der Waals surface area contributed by atoms with Crippen LogP contribution in [0.25, 0.3) is 0 Å². The van der Waals surface area contributed by atoms with Gasteiger partial charge in [-0.2, -0.15) is 0 Å². The van der Waals surface area contributed by atoms with Gasteiger partial charge in [0.15, 0.2) is 0 Å². The number of hydrogen-bond acceptors (Lipinski definition) is 1. The lowest BCUT2D eigenvalue weighted by Crippen LogP contribution is -2.45. The lowest BCUT2D eigenvalue weighted by atomic mass is 9.70. The third kappa shape index (κ3) is 2.60. The van der Waals surface area contributed by atoms with E-state index in [1.54, 1.807) is 0 Å². The summed E-state index contributed by atoms with van der Waals surface area (Å²) in [7, 11) is 0. The summed E-state index contributed by atoms with van der Waals surface area (Å²) in [6.45, 7) is 14.4. The van der Waals surface area contributed by atoms with E-state index in [-0.39, 0.29) is 5.92 Å². The van der Waals surface area contributed by atoms with E-state index >= 15 is 0 Å². The van der Waals surface area contributed by atoms with Gasteiger partial charge >= 0.3 is 0 Å². The summed E-state index contributed by atoms with van der Waals surface area (Å²) in [6, 6.07) is 0. The molecule has 0 saturated heterocycles. The first-order valence-corrected chi connectivity index (χ1v) is 5.78. The van der Waals surface area contributed by atoms with Gasteiger partial charge in [0.05, 0.1) is 5.60 Å². The normalized spacial score (nSPS) is 20.2. The molecule has 0 aromatic heterocycles. The van der Waals surface area contributed by atoms with E-state index in [1.807, 2.05) is 6.08 Å². The van der Waals surface area contributed by atoms with Crippen LogP contribution in [0.4, 0.5) is 0 Å².